The Morgan fingerprint density at radius 1 is 1.05 bits per heavy atom. The van der Waals surface area contributed by atoms with Gasteiger partial charge in [0, 0.05) is 0 Å². The summed E-state index contributed by atoms with van der Waals surface area (Å²) in [5.41, 5.74) is 1.36. The fraction of sp³-hybridized carbons (Fsp3) is 0.700. The molecular weight excluding hydrogens is 270 g/mol. The van der Waals surface area contributed by atoms with E-state index < -0.39 is 0 Å². The zero-order chi connectivity index (χ0) is 15.6. The van der Waals surface area contributed by atoms with Crippen molar-refractivity contribution >= 4 is 0 Å². The molecule has 0 saturated carbocycles. The highest BCUT2D eigenvalue weighted by Crippen LogP contribution is 2.28. The Labute approximate surface area is 136 Å². The van der Waals surface area contributed by atoms with E-state index >= 15 is 0 Å². The van der Waals surface area contributed by atoms with E-state index in [0.717, 1.165) is 25.2 Å². The van der Waals surface area contributed by atoms with E-state index in [1.807, 2.05) is 0 Å². The molecule has 0 aromatic heterocycles. The number of hydrogen-bond acceptors (Lipinski definition) is 2. The van der Waals surface area contributed by atoms with Gasteiger partial charge in [0.25, 0.3) is 0 Å². The Morgan fingerprint density at radius 3 is 2.50 bits per heavy atom. The van der Waals surface area contributed by atoms with Gasteiger partial charge in [-0.25, -0.2) is 0 Å². The van der Waals surface area contributed by atoms with Crippen molar-refractivity contribution in [2.75, 3.05) is 26.2 Å². The molecule has 1 fully saturated rings. The van der Waals surface area contributed by atoms with Crippen LogP contribution in [0, 0.1) is 0 Å². The van der Waals surface area contributed by atoms with Gasteiger partial charge >= 0.3 is 0 Å². The molecule has 0 amide bonds. The van der Waals surface area contributed by atoms with E-state index in [1.165, 1.54) is 57.3 Å². The molecule has 0 spiro atoms. The number of hydrogen-bond donors (Lipinski definition) is 0. The highest BCUT2D eigenvalue weighted by Gasteiger charge is 2.10. The third kappa shape index (κ3) is 5.64. The van der Waals surface area contributed by atoms with Crippen molar-refractivity contribution in [1.29, 1.82) is 0 Å². The van der Waals surface area contributed by atoms with Crippen LogP contribution in [0.25, 0.3) is 0 Å². The summed E-state index contributed by atoms with van der Waals surface area (Å²) in [6.45, 7) is 9.22. The molecule has 1 aliphatic heterocycles. The monoisotopic (exact) mass is 303 g/mol. The number of likely N-dealkylation sites (tertiary alicyclic amines) is 1. The van der Waals surface area contributed by atoms with Crippen molar-refractivity contribution in [3.8, 4) is 5.75 Å². The Morgan fingerprint density at radius 2 is 1.77 bits per heavy atom. The van der Waals surface area contributed by atoms with E-state index in [4.69, 9.17) is 4.74 Å². The van der Waals surface area contributed by atoms with Crippen molar-refractivity contribution in [2.45, 2.75) is 64.7 Å². The molecule has 1 aromatic carbocycles. The van der Waals surface area contributed by atoms with Gasteiger partial charge in [0.15, 0.2) is 0 Å². The average Bonchev–Trinajstić information content (AvgIpc) is 2.83. The summed E-state index contributed by atoms with van der Waals surface area (Å²) in [6, 6.07) is 8.53. The second kappa shape index (κ2) is 9.89. The Hall–Kier alpha value is -1.02. The Bertz CT molecular complexity index is 410. The highest BCUT2D eigenvalue weighted by atomic mass is 16.5. The lowest BCUT2D eigenvalue weighted by Crippen LogP contribution is -2.25. The van der Waals surface area contributed by atoms with Gasteiger partial charge < -0.3 is 9.64 Å². The molecule has 1 heterocycles. The molecule has 22 heavy (non-hydrogen) atoms. The molecule has 1 saturated heterocycles. The lowest BCUT2D eigenvalue weighted by Gasteiger charge is -2.20. The summed E-state index contributed by atoms with van der Waals surface area (Å²) in [4.78, 5) is 2.64. The summed E-state index contributed by atoms with van der Waals surface area (Å²) >= 11 is 0. The first-order valence-corrected chi connectivity index (χ1v) is 9.25. The molecule has 1 aliphatic rings. The second-order valence-corrected chi connectivity index (χ2v) is 6.66. The minimum atomic E-state index is 0.577. The van der Waals surface area contributed by atoms with Crippen LogP contribution in [-0.2, 0) is 0 Å². The molecule has 1 aromatic rings. The van der Waals surface area contributed by atoms with Crippen LogP contribution in [0.3, 0.4) is 0 Å². The minimum absolute atomic E-state index is 0.577. The highest BCUT2D eigenvalue weighted by molar-refractivity contribution is 5.35. The maximum Gasteiger partial charge on any atom is 0.122 e. The standard InChI is InChI=1S/C20H33NO/c1-3-18(2)19-12-6-7-13-20(19)22-17-11-10-16-21-14-8-4-5-9-15-21/h6-7,12-13,18H,3-5,8-11,14-17H2,1-2H3. The summed E-state index contributed by atoms with van der Waals surface area (Å²) in [6.07, 6.45) is 9.20. The van der Waals surface area contributed by atoms with Gasteiger partial charge in [-0.2, -0.15) is 0 Å². The molecule has 2 nitrogen and oxygen atoms in total. The smallest absolute Gasteiger partial charge is 0.122 e. The van der Waals surface area contributed by atoms with Gasteiger partial charge in [0.05, 0.1) is 6.61 Å². The number of unbranched alkanes of at least 4 members (excludes halogenated alkanes) is 1. The number of nitrogens with zero attached hydrogens (tertiary/aromatic N) is 1. The summed E-state index contributed by atoms with van der Waals surface area (Å²) in [7, 11) is 0. The van der Waals surface area contributed by atoms with E-state index in [2.05, 4.69) is 43.0 Å². The Kier molecular flexibility index (Phi) is 7.79. The van der Waals surface area contributed by atoms with Gasteiger partial charge in [-0.05, 0) is 69.3 Å². The van der Waals surface area contributed by atoms with Crippen molar-refractivity contribution < 1.29 is 4.74 Å². The van der Waals surface area contributed by atoms with Crippen molar-refractivity contribution in [2.24, 2.45) is 0 Å². The molecule has 2 rings (SSSR count). The third-order valence-corrected chi connectivity index (χ3v) is 4.89. The average molecular weight is 303 g/mol. The maximum absolute atomic E-state index is 6.06. The van der Waals surface area contributed by atoms with Gasteiger partial charge in [-0.3, -0.25) is 0 Å². The summed E-state index contributed by atoms with van der Waals surface area (Å²) in [5, 5.41) is 0. The van der Waals surface area contributed by atoms with E-state index in [9.17, 15) is 0 Å². The first kappa shape index (κ1) is 17.3. The molecule has 0 N–H and O–H groups in total. The van der Waals surface area contributed by atoms with Crippen LogP contribution in [0.15, 0.2) is 24.3 Å². The predicted molar refractivity (Wildman–Crippen MR) is 94.8 cm³/mol. The van der Waals surface area contributed by atoms with E-state index in [0.29, 0.717) is 5.92 Å². The number of para-hydroxylation sites is 1. The van der Waals surface area contributed by atoms with Crippen LogP contribution in [0.4, 0.5) is 0 Å². The molecule has 2 heteroatoms. The van der Waals surface area contributed by atoms with Crippen LogP contribution in [0.1, 0.15) is 70.3 Å². The summed E-state index contributed by atoms with van der Waals surface area (Å²) in [5.74, 6) is 1.67. The summed E-state index contributed by atoms with van der Waals surface area (Å²) < 4.78 is 6.06. The topological polar surface area (TPSA) is 12.5 Å². The normalized spacial score (nSPS) is 17.9. The molecule has 124 valence electrons. The molecule has 1 atom stereocenters. The number of benzene rings is 1. The van der Waals surface area contributed by atoms with E-state index in [-0.39, 0.29) is 0 Å². The van der Waals surface area contributed by atoms with Gasteiger partial charge in [-0.15, -0.1) is 0 Å². The second-order valence-electron chi connectivity index (χ2n) is 6.66. The number of rotatable bonds is 8. The fourth-order valence-corrected chi connectivity index (χ4v) is 3.22. The predicted octanol–water partition coefficient (Wildman–Crippen LogP) is 5.24. The quantitative estimate of drug-likeness (QED) is 0.609. The van der Waals surface area contributed by atoms with Crippen LogP contribution in [-0.4, -0.2) is 31.1 Å². The van der Waals surface area contributed by atoms with Gasteiger partial charge in [0.2, 0.25) is 0 Å². The third-order valence-electron chi connectivity index (χ3n) is 4.89. The van der Waals surface area contributed by atoms with Crippen LogP contribution in [0.2, 0.25) is 0 Å². The van der Waals surface area contributed by atoms with Crippen LogP contribution in [0.5, 0.6) is 5.75 Å². The molecule has 0 radical (unpaired) electrons. The Balaban J connectivity index is 1.68. The zero-order valence-electron chi connectivity index (χ0n) is 14.5. The molecule has 0 bridgehead atoms. The first-order chi connectivity index (χ1) is 10.8. The van der Waals surface area contributed by atoms with Gasteiger partial charge in [-0.1, -0.05) is 44.9 Å². The van der Waals surface area contributed by atoms with Crippen molar-refractivity contribution in [3.05, 3.63) is 29.8 Å². The fourth-order valence-electron chi connectivity index (χ4n) is 3.22. The van der Waals surface area contributed by atoms with Gasteiger partial charge in [0.1, 0.15) is 5.75 Å². The van der Waals surface area contributed by atoms with Crippen LogP contribution < -0.4 is 4.74 Å². The molecule has 0 aliphatic carbocycles. The minimum Gasteiger partial charge on any atom is -0.493 e. The molecular formula is C20H33NO. The number of ether oxygens (including phenoxy) is 1. The lowest BCUT2D eigenvalue weighted by atomic mass is 9.98. The van der Waals surface area contributed by atoms with E-state index in [1.54, 1.807) is 0 Å². The lowest BCUT2D eigenvalue weighted by molar-refractivity contribution is 0.255. The van der Waals surface area contributed by atoms with Crippen molar-refractivity contribution in [1.82, 2.24) is 4.90 Å². The molecule has 1 unspecified atom stereocenters. The zero-order valence-corrected chi connectivity index (χ0v) is 14.5. The van der Waals surface area contributed by atoms with Crippen molar-refractivity contribution in [3.63, 3.8) is 0 Å². The largest absolute Gasteiger partial charge is 0.493 e. The SMILES string of the molecule is CCC(C)c1ccccc1OCCCCN1CCCCCC1. The maximum atomic E-state index is 6.06. The first-order valence-electron chi connectivity index (χ1n) is 9.25. The van der Waals surface area contributed by atoms with Crippen LogP contribution >= 0.6 is 0 Å².